The van der Waals surface area contributed by atoms with Gasteiger partial charge in [-0.25, -0.2) is 0 Å². The van der Waals surface area contributed by atoms with Gasteiger partial charge in [-0.05, 0) is 35.8 Å². The number of para-hydroxylation sites is 1. The van der Waals surface area contributed by atoms with E-state index in [1.54, 1.807) is 4.31 Å². The van der Waals surface area contributed by atoms with E-state index in [1.165, 1.54) is 0 Å². The van der Waals surface area contributed by atoms with Gasteiger partial charge in [0.25, 0.3) is 10.2 Å². The van der Waals surface area contributed by atoms with Gasteiger partial charge in [-0.1, -0.05) is 32.0 Å². The van der Waals surface area contributed by atoms with Crippen molar-refractivity contribution in [1.29, 1.82) is 0 Å². The maximum Gasteiger partial charge on any atom is 0.279 e. The summed E-state index contributed by atoms with van der Waals surface area (Å²) in [5, 5.41) is 1.09. The molecule has 0 amide bonds. The van der Waals surface area contributed by atoms with E-state index in [1.807, 2.05) is 30.3 Å². The molecular weight excluding hydrogens is 298 g/mol. The van der Waals surface area contributed by atoms with Gasteiger partial charge in [0.1, 0.15) is 0 Å². The quantitative estimate of drug-likeness (QED) is 0.908. The molecule has 2 unspecified atom stereocenters. The Hall–Kier alpha value is -1.37. The first-order chi connectivity index (χ1) is 10.4. The molecular formula is C16H23N3O2S. The van der Waals surface area contributed by atoms with Gasteiger partial charge < -0.3 is 4.98 Å². The summed E-state index contributed by atoms with van der Waals surface area (Å²) in [6, 6.07) is 9.92. The number of aromatic amines is 1. The Kier molecular flexibility index (Phi) is 4.25. The predicted molar refractivity (Wildman–Crippen MR) is 88.6 cm³/mol. The normalized spacial score (nSPS) is 23.9. The molecule has 0 bridgehead atoms. The number of rotatable bonds is 4. The highest BCUT2D eigenvalue weighted by atomic mass is 32.2. The summed E-state index contributed by atoms with van der Waals surface area (Å²) in [5.41, 5.74) is 1.90. The lowest BCUT2D eigenvalue weighted by molar-refractivity contribution is 0.220. The van der Waals surface area contributed by atoms with E-state index < -0.39 is 10.2 Å². The highest BCUT2D eigenvalue weighted by Gasteiger charge is 2.30. The number of H-pyrrole nitrogens is 1. The molecule has 1 fully saturated rings. The van der Waals surface area contributed by atoms with Gasteiger partial charge in [0.05, 0.1) is 6.54 Å². The minimum Gasteiger partial charge on any atom is -0.357 e. The van der Waals surface area contributed by atoms with Crippen molar-refractivity contribution in [2.75, 3.05) is 13.1 Å². The summed E-state index contributed by atoms with van der Waals surface area (Å²) in [7, 11) is -3.42. The van der Waals surface area contributed by atoms with Crippen molar-refractivity contribution in [3.05, 3.63) is 36.0 Å². The molecule has 2 atom stereocenters. The number of nitrogens with zero attached hydrogens (tertiary/aromatic N) is 1. The SMILES string of the molecule is CC1CC(C)CN(S(=O)(=O)NCc2cc3ccccc3[nH]2)C1. The number of piperidine rings is 1. The molecule has 22 heavy (non-hydrogen) atoms. The second-order valence-electron chi connectivity index (χ2n) is 6.47. The Balaban J connectivity index is 1.69. The van der Waals surface area contributed by atoms with Crippen LogP contribution in [0.2, 0.25) is 0 Å². The van der Waals surface area contributed by atoms with E-state index in [4.69, 9.17) is 0 Å². The van der Waals surface area contributed by atoms with E-state index >= 15 is 0 Å². The Morgan fingerprint density at radius 3 is 2.59 bits per heavy atom. The second-order valence-corrected chi connectivity index (χ2v) is 8.23. The number of benzene rings is 1. The Morgan fingerprint density at radius 1 is 1.23 bits per heavy atom. The fourth-order valence-corrected chi connectivity index (χ4v) is 4.71. The second kappa shape index (κ2) is 6.02. The molecule has 3 rings (SSSR count). The molecule has 1 aromatic carbocycles. The summed E-state index contributed by atoms with van der Waals surface area (Å²) in [5.74, 6) is 0.821. The number of aromatic nitrogens is 1. The number of fused-ring (bicyclic) bond motifs is 1. The zero-order valence-corrected chi connectivity index (χ0v) is 13.9. The average molecular weight is 321 g/mol. The van der Waals surface area contributed by atoms with E-state index in [0.717, 1.165) is 23.0 Å². The monoisotopic (exact) mass is 321 g/mol. The van der Waals surface area contributed by atoms with E-state index in [2.05, 4.69) is 23.6 Å². The number of hydrogen-bond donors (Lipinski definition) is 2. The molecule has 0 spiro atoms. The molecule has 0 aliphatic carbocycles. The standard InChI is InChI=1S/C16H23N3O2S/c1-12-7-13(2)11-19(10-12)22(20,21)17-9-15-8-14-5-3-4-6-16(14)18-15/h3-6,8,12-13,17-18H,7,9-11H2,1-2H3. The average Bonchev–Trinajstić information content (AvgIpc) is 2.87. The zero-order chi connectivity index (χ0) is 15.7. The number of nitrogens with one attached hydrogen (secondary N) is 2. The van der Waals surface area contributed by atoms with Crippen molar-refractivity contribution < 1.29 is 8.42 Å². The highest BCUT2D eigenvalue weighted by molar-refractivity contribution is 7.87. The lowest BCUT2D eigenvalue weighted by Crippen LogP contribution is -2.47. The minimum atomic E-state index is -3.42. The maximum absolute atomic E-state index is 12.5. The van der Waals surface area contributed by atoms with E-state index in [0.29, 0.717) is 24.9 Å². The van der Waals surface area contributed by atoms with Crippen molar-refractivity contribution in [2.45, 2.75) is 26.8 Å². The van der Waals surface area contributed by atoms with Gasteiger partial charge in [-0.15, -0.1) is 0 Å². The van der Waals surface area contributed by atoms with Gasteiger partial charge in [-0.2, -0.15) is 17.4 Å². The van der Waals surface area contributed by atoms with Crippen LogP contribution >= 0.6 is 0 Å². The predicted octanol–water partition coefficient (Wildman–Crippen LogP) is 2.48. The van der Waals surface area contributed by atoms with Gasteiger partial charge in [-0.3, -0.25) is 0 Å². The highest BCUT2D eigenvalue weighted by Crippen LogP contribution is 2.23. The smallest absolute Gasteiger partial charge is 0.279 e. The molecule has 2 heterocycles. The fourth-order valence-electron chi connectivity index (χ4n) is 3.29. The van der Waals surface area contributed by atoms with E-state index in [-0.39, 0.29) is 6.54 Å². The van der Waals surface area contributed by atoms with Crippen LogP contribution in [0.25, 0.3) is 10.9 Å². The van der Waals surface area contributed by atoms with Gasteiger partial charge in [0.15, 0.2) is 0 Å². The summed E-state index contributed by atoms with van der Waals surface area (Å²) in [6.45, 7) is 5.71. The van der Waals surface area contributed by atoms with Crippen LogP contribution in [0.5, 0.6) is 0 Å². The molecule has 1 saturated heterocycles. The third-order valence-corrected chi connectivity index (χ3v) is 5.69. The topological polar surface area (TPSA) is 65.2 Å². The van der Waals surface area contributed by atoms with Crippen molar-refractivity contribution in [1.82, 2.24) is 14.0 Å². The van der Waals surface area contributed by atoms with Crippen LogP contribution in [0.4, 0.5) is 0 Å². The first-order valence-electron chi connectivity index (χ1n) is 7.75. The van der Waals surface area contributed by atoms with Crippen LogP contribution in [-0.2, 0) is 16.8 Å². The van der Waals surface area contributed by atoms with Crippen LogP contribution in [0.3, 0.4) is 0 Å². The van der Waals surface area contributed by atoms with Crippen molar-refractivity contribution in [2.24, 2.45) is 11.8 Å². The molecule has 2 N–H and O–H groups in total. The summed E-state index contributed by atoms with van der Waals surface area (Å²) in [4.78, 5) is 3.24. The van der Waals surface area contributed by atoms with Crippen LogP contribution in [0.1, 0.15) is 26.0 Å². The summed E-state index contributed by atoms with van der Waals surface area (Å²) in [6.07, 6.45) is 1.09. The Bertz CT molecular complexity index is 711. The Morgan fingerprint density at radius 2 is 1.91 bits per heavy atom. The van der Waals surface area contributed by atoms with Crippen LogP contribution < -0.4 is 4.72 Å². The lowest BCUT2D eigenvalue weighted by Gasteiger charge is -2.33. The largest absolute Gasteiger partial charge is 0.357 e. The van der Waals surface area contributed by atoms with Crippen LogP contribution in [-0.4, -0.2) is 30.8 Å². The summed E-state index contributed by atoms with van der Waals surface area (Å²) < 4.78 is 29.2. The van der Waals surface area contributed by atoms with Crippen molar-refractivity contribution in [3.8, 4) is 0 Å². The number of hydrogen-bond acceptors (Lipinski definition) is 2. The summed E-state index contributed by atoms with van der Waals surface area (Å²) >= 11 is 0. The first-order valence-corrected chi connectivity index (χ1v) is 9.19. The molecule has 1 aliphatic rings. The molecule has 1 aliphatic heterocycles. The molecule has 6 heteroatoms. The van der Waals surface area contributed by atoms with Gasteiger partial charge in [0.2, 0.25) is 0 Å². The zero-order valence-electron chi connectivity index (χ0n) is 13.0. The van der Waals surface area contributed by atoms with Crippen LogP contribution in [0, 0.1) is 11.8 Å². The molecule has 2 aromatic rings. The first kappa shape index (κ1) is 15.5. The minimum absolute atomic E-state index is 0.288. The molecule has 1 aromatic heterocycles. The fraction of sp³-hybridized carbons (Fsp3) is 0.500. The third-order valence-electron chi connectivity index (χ3n) is 4.21. The molecule has 120 valence electrons. The molecule has 0 radical (unpaired) electrons. The van der Waals surface area contributed by atoms with Crippen molar-refractivity contribution in [3.63, 3.8) is 0 Å². The van der Waals surface area contributed by atoms with Gasteiger partial charge >= 0.3 is 0 Å². The third kappa shape index (κ3) is 3.34. The lowest BCUT2D eigenvalue weighted by atomic mass is 9.94. The molecule has 5 nitrogen and oxygen atoms in total. The van der Waals surface area contributed by atoms with Crippen molar-refractivity contribution >= 4 is 21.1 Å². The van der Waals surface area contributed by atoms with Gasteiger partial charge in [0, 0.05) is 24.3 Å². The Labute approximate surface area is 131 Å². The van der Waals surface area contributed by atoms with Crippen LogP contribution in [0.15, 0.2) is 30.3 Å². The van der Waals surface area contributed by atoms with E-state index in [9.17, 15) is 8.42 Å². The maximum atomic E-state index is 12.5. The molecule has 0 saturated carbocycles.